The van der Waals surface area contributed by atoms with Crippen LogP contribution in [0.3, 0.4) is 0 Å². The van der Waals surface area contributed by atoms with Crippen molar-refractivity contribution in [1.82, 2.24) is 9.80 Å². The van der Waals surface area contributed by atoms with E-state index < -0.39 is 6.04 Å². The highest BCUT2D eigenvalue weighted by Gasteiger charge is 2.49. The smallest absolute Gasteiger partial charge is 0.258 e. The van der Waals surface area contributed by atoms with Gasteiger partial charge in [-0.3, -0.25) is 14.4 Å². The van der Waals surface area contributed by atoms with E-state index in [9.17, 15) is 14.4 Å². The molecule has 1 N–H and O–H groups in total. The summed E-state index contributed by atoms with van der Waals surface area (Å²) in [6.45, 7) is 2.13. The molecule has 1 aliphatic carbocycles. The Morgan fingerprint density at radius 1 is 1.03 bits per heavy atom. The van der Waals surface area contributed by atoms with E-state index in [1.807, 2.05) is 19.1 Å². The zero-order valence-corrected chi connectivity index (χ0v) is 21.2. The van der Waals surface area contributed by atoms with Gasteiger partial charge in [0, 0.05) is 24.3 Å². The van der Waals surface area contributed by atoms with Crippen LogP contribution in [0.5, 0.6) is 11.5 Å². The number of hydrogen-bond donors (Lipinski definition) is 1. The van der Waals surface area contributed by atoms with E-state index in [1.165, 1.54) is 0 Å². The molecule has 1 aliphatic heterocycles. The number of amides is 3. The summed E-state index contributed by atoms with van der Waals surface area (Å²) in [7, 11) is 3.11. The molecule has 2 aliphatic rings. The van der Waals surface area contributed by atoms with E-state index >= 15 is 0 Å². The molecule has 1 saturated carbocycles. The Morgan fingerprint density at radius 3 is 2.56 bits per heavy atom. The molecule has 4 rings (SSSR count). The molecular weight excluding hydrogens is 458 g/mol. The third kappa shape index (κ3) is 5.32. The first-order valence-electron chi connectivity index (χ1n) is 12.6. The largest absolute Gasteiger partial charge is 0.497 e. The first-order valence-corrected chi connectivity index (χ1v) is 12.6. The third-order valence-corrected chi connectivity index (χ3v) is 7.33. The molecule has 3 amide bonds. The first kappa shape index (κ1) is 25.5. The minimum atomic E-state index is -0.597. The van der Waals surface area contributed by atoms with Crippen molar-refractivity contribution in [3.05, 3.63) is 54.1 Å². The van der Waals surface area contributed by atoms with Crippen molar-refractivity contribution in [3.63, 3.8) is 0 Å². The fourth-order valence-corrected chi connectivity index (χ4v) is 5.56. The van der Waals surface area contributed by atoms with E-state index in [2.05, 4.69) is 5.32 Å². The number of rotatable bonds is 8. The number of nitrogens with zero attached hydrogens (tertiary/aromatic N) is 2. The van der Waals surface area contributed by atoms with Crippen LogP contribution in [-0.4, -0.2) is 66.9 Å². The van der Waals surface area contributed by atoms with Crippen molar-refractivity contribution in [3.8, 4) is 11.5 Å². The van der Waals surface area contributed by atoms with Crippen LogP contribution in [-0.2, 0) is 9.59 Å². The lowest BCUT2D eigenvalue weighted by atomic mass is 9.84. The lowest BCUT2D eigenvalue weighted by Crippen LogP contribution is -2.52. The Kier molecular flexibility index (Phi) is 8.13. The molecule has 2 aromatic rings. The summed E-state index contributed by atoms with van der Waals surface area (Å²) >= 11 is 0. The van der Waals surface area contributed by atoms with E-state index in [1.54, 1.807) is 60.4 Å². The molecule has 8 nitrogen and oxygen atoms in total. The Morgan fingerprint density at radius 2 is 1.81 bits per heavy atom. The Balaban J connectivity index is 1.54. The molecule has 3 unspecified atom stereocenters. The second-order valence-electron chi connectivity index (χ2n) is 9.41. The topological polar surface area (TPSA) is 88.2 Å². The van der Waals surface area contributed by atoms with Crippen molar-refractivity contribution >= 4 is 23.4 Å². The van der Waals surface area contributed by atoms with Crippen LogP contribution in [0.15, 0.2) is 48.5 Å². The standard InChI is InChI=1S/C28H35N3O5/c1-4-30(18-26(32)29-20-11-9-12-21(17-20)35-2)28(34)24-16-19-10-5-7-14-23(19)31(24)27(33)22-13-6-8-15-25(22)36-3/h6,8-9,11-13,15,17,19,23-24H,4-5,7,10,14,16,18H2,1-3H3,(H,29,32). The zero-order valence-electron chi connectivity index (χ0n) is 21.2. The number of fused-ring (bicyclic) bond motifs is 1. The van der Waals surface area contributed by atoms with Crippen molar-refractivity contribution in [2.75, 3.05) is 32.6 Å². The molecule has 1 heterocycles. The molecule has 0 radical (unpaired) electrons. The maximum Gasteiger partial charge on any atom is 0.258 e. The van der Waals surface area contributed by atoms with Crippen LogP contribution in [0.4, 0.5) is 5.69 Å². The fraction of sp³-hybridized carbons (Fsp3) is 0.464. The van der Waals surface area contributed by atoms with Crippen LogP contribution in [0.1, 0.15) is 49.4 Å². The van der Waals surface area contributed by atoms with E-state index in [4.69, 9.17) is 9.47 Å². The molecule has 192 valence electrons. The molecule has 2 aromatic carbocycles. The number of ether oxygens (including phenoxy) is 2. The van der Waals surface area contributed by atoms with Crippen molar-refractivity contribution in [2.45, 2.75) is 51.1 Å². The highest BCUT2D eigenvalue weighted by Crippen LogP contribution is 2.41. The maximum absolute atomic E-state index is 13.8. The van der Waals surface area contributed by atoms with Crippen molar-refractivity contribution in [1.29, 1.82) is 0 Å². The fourth-order valence-electron chi connectivity index (χ4n) is 5.56. The van der Waals surface area contributed by atoms with Crippen LogP contribution in [0.25, 0.3) is 0 Å². The van der Waals surface area contributed by atoms with Gasteiger partial charge in [-0.05, 0) is 56.4 Å². The number of carbonyl (C=O) groups is 3. The number of anilines is 1. The number of methoxy groups -OCH3 is 2. The number of para-hydroxylation sites is 1. The number of hydrogen-bond acceptors (Lipinski definition) is 5. The molecule has 0 aromatic heterocycles. The monoisotopic (exact) mass is 493 g/mol. The average Bonchev–Trinajstić information content (AvgIpc) is 3.30. The second-order valence-corrected chi connectivity index (χ2v) is 9.41. The molecule has 0 spiro atoms. The third-order valence-electron chi connectivity index (χ3n) is 7.33. The van der Waals surface area contributed by atoms with Crippen LogP contribution in [0, 0.1) is 5.92 Å². The Bertz CT molecular complexity index is 1100. The maximum atomic E-state index is 13.8. The Hall–Kier alpha value is -3.55. The predicted molar refractivity (Wildman–Crippen MR) is 137 cm³/mol. The first-order chi connectivity index (χ1) is 17.5. The summed E-state index contributed by atoms with van der Waals surface area (Å²) in [5, 5.41) is 2.84. The summed E-state index contributed by atoms with van der Waals surface area (Å²) in [5.41, 5.74) is 1.06. The lowest BCUT2D eigenvalue weighted by Gasteiger charge is -2.35. The predicted octanol–water partition coefficient (Wildman–Crippen LogP) is 3.96. The van der Waals surface area contributed by atoms with Crippen molar-refractivity contribution in [2.24, 2.45) is 5.92 Å². The van der Waals surface area contributed by atoms with Gasteiger partial charge in [-0.15, -0.1) is 0 Å². The number of nitrogens with one attached hydrogen (secondary N) is 1. The molecule has 1 saturated heterocycles. The normalized spacial score (nSPS) is 20.9. The minimum absolute atomic E-state index is 0.0226. The summed E-state index contributed by atoms with van der Waals surface area (Å²) in [4.78, 5) is 43.8. The van der Waals surface area contributed by atoms with Gasteiger partial charge in [-0.1, -0.05) is 31.0 Å². The molecular formula is C28H35N3O5. The van der Waals surface area contributed by atoms with Crippen molar-refractivity contribution < 1.29 is 23.9 Å². The second kappa shape index (κ2) is 11.5. The molecule has 8 heteroatoms. The van der Waals surface area contributed by atoms with Gasteiger partial charge >= 0.3 is 0 Å². The quantitative estimate of drug-likeness (QED) is 0.601. The van der Waals surface area contributed by atoms with Gasteiger partial charge in [0.05, 0.1) is 26.3 Å². The number of likely N-dealkylation sites (N-methyl/N-ethyl adjacent to an activating group) is 1. The van der Waals surface area contributed by atoms with Gasteiger partial charge in [-0.25, -0.2) is 0 Å². The van der Waals surface area contributed by atoms with Gasteiger partial charge in [0.2, 0.25) is 11.8 Å². The highest BCUT2D eigenvalue weighted by molar-refractivity contribution is 6.01. The number of carbonyl (C=O) groups excluding carboxylic acids is 3. The summed E-state index contributed by atoms with van der Waals surface area (Å²) in [6, 6.07) is 13.7. The van der Waals surface area contributed by atoms with Crippen LogP contribution >= 0.6 is 0 Å². The molecule has 0 bridgehead atoms. The molecule has 36 heavy (non-hydrogen) atoms. The number of likely N-dealkylation sites (tertiary alicyclic amines) is 1. The van der Waals surface area contributed by atoms with E-state index in [0.29, 0.717) is 35.7 Å². The van der Waals surface area contributed by atoms with Crippen LogP contribution in [0.2, 0.25) is 0 Å². The summed E-state index contributed by atoms with van der Waals surface area (Å²) in [5.74, 6) is 0.758. The molecule has 2 fully saturated rings. The van der Waals surface area contributed by atoms with Crippen LogP contribution < -0.4 is 14.8 Å². The van der Waals surface area contributed by atoms with Gasteiger partial charge in [0.25, 0.3) is 5.91 Å². The summed E-state index contributed by atoms with van der Waals surface area (Å²) in [6.07, 6.45) is 4.67. The highest BCUT2D eigenvalue weighted by atomic mass is 16.5. The van der Waals surface area contributed by atoms with E-state index in [-0.39, 0.29) is 36.2 Å². The lowest BCUT2D eigenvalue weighted by molar-refractivity contribution is -0.138. The minimum Gasteiger partial charge on any atom is -0.497 e. The SMILES string of the molecule is CCN(CC(=O)Nc1cccc(OC)c1)C(=O)C1CC2CCCCC2N1C(=O)c1ccccc1OC. The van der Waals surface area contributed by atoms with Gasteiger partial charge in [0.15, 0.2) is 0 Å². The van der Waals surface area contributed by atoms with Gasteiger partial charge < -0.3 is 24.6 Å². The Labute approximate surface area is 212 Å². The number of benzene rings is 2. The van der Waals surface area contributed by atoms with Gasteiger partial charge in [0.1, 0.15) is 17.5 Å². The zero-order chi connectivity index (χ0) is 25.7. The summed E-state index contributed by atoms with van der Waals surface area (Å²) < 4.78 is 10.7. The average molecular weight is 494 g/mol. The molecule has 3 atom stereocenters. The van der Waals surface area contributed by atoms with E-state index in [0.717, 1.165) is 25.7 Å². The van der Waals surface area contributed by atoms with Gasteiger partial charge in [-0.2, -0.15) is 0 Å².